The van der Waals surface area contributed by atoms with E-state index in [0.29, 0.717) is 5.69 Å². The highest BCUT2D eigenvalue weighted by molar-refractivity contribution is 6.29. The van der Waals surface area contributed by atoms with Gasteiger partial charge < -0.3 is 5.32 Å². The third-order valence-corrected chi connectivity index (χ3v) is 1.90. The van der Waals surface area contributed by atoms with Crippen molar-refractivity contribution in [3.8, 4) is 0 Å². The van der Waals surface area contributed by atoms with Crippen LogP contribution < -0.4 is 5.32 Å². The molecule has 1 rings (SSSR count). The number of pyridine rings is 1. The number of hydrogen-bond donors (Lipinski definition) is 1. The first kappa shape index (κ1) is 11.4. The molecule has 0 aliphatic carbocycles. The zero-order chi connectivity index (χ0) is 11.4. The fourth-order valence-electron chi connectivity index (χ4n) is 0.969. The van der Waals surface area contributed by atoms with Gasteiger partial charge >= 0.3 is 0 Å². The molecule has 80 valence electrons. The minimum absolute atomic E-state index is 0.137. The third-order valence-electron chi connectivity index (χ3n) is 1.66. The van der Waals surface area contributed by atoms with E-state index in [1.165, 1.54) is 19.2 Å². The summed E-state index contributed by atoms with van der Waals surface area (Å²) in [5, 5.41) is 12.9. The van der Waals surface area contributed by atoms with E-state index in [1.807, 2.05) is 0 Å². The maximum absolute atomic E-state index is 10.9. The average molecular weight is 230 g/mol. The molecule has 0 aliphatic heterocycles. The van der Waals surface area contributed by atoms with Crippen molar-refractivity contribution in [1.29, 1.82) is 0 Å². The van der Waals surface area contributed by atoms with Crippen LogP contribution in [0.3, 0.4) is 0 Å². The zero-order valence-electron chi connectivity index (χ0n) is 7.86. The molecule has 0 saturated carbocycles. The molecule has 0 unspecified atom stereocenters. The van der Waals surface area contributed by atoms with E-state index in [4.69, 9.17) is 11.6 Å². The quantitative estimate of drug-likeness (QED) is 0.483. The molecular weight excluding hydrogens is 222 g/mol. The smallest absolute Gasteiger partial charge is 0.292 e. The third kappa shape index (κ3) is 2.88. The number of nitrogens with zero attached hydrogens (tertiary/aromatic N) is 2. The van der Waals surface area contributed by atoms with Gasteiger partial charge in [0.2, 0.25) is 5.91 Å². The molecule has 0 aromatic carbocycles. The van der Waals surface area contributed by atoms with Gasteiger partial charge in [-0.3, -0.25) is 19.9 Å². The van der Waals surface area contributed by atoms with Crippen molar-refractivity contribution < 1.29 is 9.72 Å². The van der Waals surface area contributed by atoms with Crippen LogP contribution in [-0.4, -0.2) is 21.7 Å². The number of halogens is 1. The van der Waals surface area contributed by atoms with Crippen LogP contribution in [0.25, 0.3) is 0 Å². The molecular formula is C8H8ClN3O3. The highest BCUT2D eigenvalue weighted by Gasteiger charge is 2.13. The Morgan fingerprint density at radius 1 is 1.73 bits per heavy atom. The Morgan fingerprint density at radius 2 is 2.40 bits per heavy atom. The van der Waals surface area contributed by atoms with Crippen molar-refractivity contribution >= 4 is 28.9 Å². The van der Waals surface area contributed by atoms with Crippen LogP contribution in [0.15, 0.2) is 12.3 Å². The molecule has 1 aromatic rings. The first-order valence-corrected chi connectivity index (χ1v) is 4.55. The second-order valence-corrected chi connectivity index (χ2v) is 3.03. The number of alkyl halides is 1. The van der Waals surface area contributed by atoms with Gasteiger partial charge in [-0.15, -0.1) is 11.6 Å². The number of anilines is 1. The summed E-state index contributed by atoms with van der Waals surface area (Å²) in [5.41, 5.74) is 0.421. The van der Waals surface area contributed by atoms with E-state index in [0.717, 1.165) is 0 Å². The van der Waals surface area contributed by atoms with E-state index >= 15 is 0 Å². The van der Waals surface area contributed by atoms with Crippen molar-refractivity contribution in [2.45, 2.75) is 6.92 Å². The van der Waals surface area contributed by atoms with Crippen LogP contribution in [0.1, 0.15) is 5.69 Å². The van der Waals surface area contributed by atoms with Crippen LogP contribution in [-0.2, 0) is 4.79 Å². The van der Waals surface area contributed by atoms with Crippen molar-refractivity contribution in [3.05, 3.63) is 28.1 Å². The van der Waals surface area contributed by atoms with Crippen LogP contribution in [0.4, 0.5) is 11.4 Å². The highest BCUT2D eigenvalue weighted by atomic mass is 35.5. The summed E-state index contributed by atoms with van der Waals surface area (Å²) < 4.78 is 0. The lowest BCUT2D eigenvalue weighted by Crippen LogP contribution is -2.13. The zero-order valence-corrected chi connectivity index (χ0v) is 8.61. The Balaban J connectivity index is 2.97. The number of carbonyl (C=O) groups excluding carboxylic acids is 1. The lowest BCUT2D eigenvalue weighted by Gasteiger charge is -2.03. The van der Waals surface area contributed by atoms with Gasteiger partial charge in [0.1, 0.15) is 11.6 Å². The van der Waals surface area contributed by atoms with Gasteiger partial charge in [0.25, 0.3) is 5.69 Å². The summed E-state index contributed by atoms with van der Waals surface area (Å²) >= 11 is 5.27. The Hall–Kier alpha value is -1.69. The van der Waals surface area contributed by atoms with Gasteiger partial charge in [0.15, 0.2) is 0 Å². The Labute approximate surface area is 90.4 Å². The van der Waals surface area contributed by atoms with Gasteiger partial charge in [-0.25, -0.2) is 0 Å². The summed E-state index contributed by atoms with van der Waals surface area (Å²) in [6.45, 7) is 1.52. The average Bonchev–Trinajstić information content (AvgIpc) is 2.20. The molecule has 15 heavy (non-hydrogen) atoms. The summed E-state index contributed by atoms with van der Waals surface area (Å²) in [6, 6.07) is 1.24. The molecule has 1 heterocycles. The monoisotopic (exact) mass is 229 g/mol. The lowest BCUT2D eigenvalue weighted by molar-refractivity contribution is -0.385. The summed E-state index contributed by atoms with van der Waals surface area (Å²) in [7, 11) is 0. The van der Waals surface area contributed by atoms with Crippen LogP contribution in [0, 0.1) is 17.0 Å². The molecule has 6 nitrogen and oxygen atoms in total. The fourth-order valence-corrected chi connectivity index (χ4v) is 1.04. The molecule has 0 aliphatic rings. The number of nitrogens with one attached hydrogen (secondary N) is 1. The first-order chi connectivity index (χ1) is 7.04. The van der Waals surface area contributed by atoms with Crippen LogP contribution in [0.5, 0.6) is 0 Å². The number of amides is 1. The minimum Gasteiger partial charge on any atom is -0.323 e. The summed E-state index contributed by atoms with van der Waals surface area (Å²) in [4.78, 5) is 24.7. The molecule has 1 N–H and O–H groups in total. The Kier molecular flexibility index (Phi) is 3.56. The topological polar surface area (TPSA) is 85.1 Å². The second-order valence-electron chi connectivity index (χ2n) is 2.77. The highest BCUT2D eigenvalue weighted by Crippen LogP contribution is 2.19. The lowest BCUT2D eigenvalue weighted by atomic mass is 10.3. The largest absolute Gasteiger partial charge is 0.323 e. The second kappa shape index (κ2) is 4.70. The van der Waals surface area contributed by atoms with Gasteiger partial charge in [-0.1, -0.05) is 0 Å². The van der Waals surface area contributed by atoms with E-state index in [9.17, 15) is 14.9 Å². The predicted octanol–water partition coefficient (Wildman–Crippen LogP) is 1.48. The fraction of sp³-hybridized carbons (Fsp3) is 0.250. The van der Waals surface area contributed by atoms with Crippen molar-refractivity contribution in [2.24, 2.45) is 0 Å². The van der Waals surface area contributed by atoms with Gasteiger partial charge in [-0.2, -0.15) is 0 Å². The molecule has 0 atom stereocenters. The van der Waals surface area contributed by atoms with E-state index in [2.05, 4.69) is 10.3 Å². The van der Waals surface area contributed by atoms with Crippen molar-refractivity contribution in [3.63, 3.8) is 0 Å². The number of hydrogen-bond acceptors (Lipinski definition) is 4. The summed E-state index contributed by atoms with van der Waals surface area (Å²) in [6.07, 6.45) is 1.34. The Morgan fingerprint density at radius 3 is 2.93 bits per heavy atom. The van der Waals surface area contributed by atoms with Crippen LogP contribution in [0.2, 0.25) is 0 Å². The minimum atomic E-state index is -0.557. The molecule has 1 aromatic heterocycles. The van der Waals surface area contributed by atoms with Crippen LogP contribution >= 0.6 is 11.6 Å². The van der Waals surface area contributed by atoms with E-state index in [1.54, 1.807) is 0 Å². The Bertz CT molecular complexity index is 408. The number of rotatable bonds is 3. The molecule has 0 saturated heterocycles. The van der Waals surface area contributed by atoms with Crippen molar-refractivity contribution in [1.82, 2.24) is 4.98 Å². The SMILES string of the molecule is Cc1ncc(NC(=O)CCl)cc1[N+](=O)[O-]. The summed E-state index contributed by atoms with van der Waals surface area (Å²) in [5.74, 6) is -0.640. The van der Waals surface area contributed by atoms with Gasteiger partial charge in [0.05, 0.1) is 16.8 Å². The van der Waals surface area contributed by atoms with Crippen molar-refractivity contribution in [2.75, 3.05) is 11.2 Å². The maximum Gasteiger partial charge on any atom is 0.292 e. The molecule has 1 amide bonds. The molecule has 0 spiro atoms. The van der Waals surface area contributed by atoms with E-state index in [-0.39, 0.29) is 17.3 Å². The first-order valence-electron chi connectivity index (χ1n) is 4.01. The normalized spacial score (nSPS) is 9.73. The molecule has 0 radical (unpaired) electrons. The standard InChI is InChI=1S/C8H8ClN3O3/c1-5-7(12(14)15)2-6(4-10-5)11-8(13)3-9/h2,4H,3H2,1H3,(H,11,13). The number of aryl methyl sites for hydroxylation is 1. The van der Waals surface area contributed by atoms with E-state index < -0.39 is 10.8 Å². The maximum atomic E-state index is 10.9. The molecule has 0 fully saturated rings. The number of nitro groups is 1. The predicted molar refractivity (Wildman–Crippen MR) is 55.0 cm³/mol. The molecule has 0 bridgehead atoms. The number of aromatic nitrogens is 1. The van der Waals surface area contributed by atoms with Gasteiger partial charge in [0, 0.05) is 6.07 Å². The number of carbonyl (C=O) groups is 1. The van der Waals surface area contributed by atoms with Gasteiger partial charge in [-0.05, 0) is 6.92 Å². The molecule has 7 heteroatoms.